The maximum Gasteiger partial charge on any atom is 0.303 e. The smallest absolute Gasteiger partial charge is 0.303 e. The van der Waals surface area contributed by atoms with E-state index in [0.29, 0.717) is 12.2 Å². The fraction of sp³-hybridized carbons (Fsp3) is 0.464. The number of aromatic amines is 1. The van der Waals surface area contributed by atoms with E-state index < -0.39 is 11.0 Å². The lowest BCUT2D eigenvalue weighted by atomic mass is 9.48. The van der Waals surface area contributed by atoms with Crippen LogP contribution in [-0.4, -0.2) is 45.7 Å². The first kappa shape index (κ1) is 19.3. The molecule has 3 aromatic rings. The molecule has 1 saturated heterocycles. The predicted molar refractivity (Wildman–Crippen MR) is 126 cm³/mol. The molecule has 3 heterocycles. The van der Waals surface area contributed by atoms with Crippen LogP contribution in [0.3, 0.4) is 0 Å². The van der Waals surface area contributed by atoms with E-state index in [9.17, 15) is 9.90 Å². The first-order valence-corrected chi connectivity index (χ1v) is 12.6. The summed E-state index contributed by atoms with van der Waals surface area (Å²) in [5, 5.41) is 12.1. The lowest BCUT2D eigenvalue weighted by Gasteiger charge is -2.63. The number of likely N-dealkylation sites (tertiary alicyclic amines) is 1. The van der Waals surface area contributed by atoms with E-state index in [1.54, 1.807) is 13.0 Å². The van der Waals surface area contributed by atoms with Crippen LogP contribution in [-0.2, 0) is 27.8 Å². The summed E-state index contributed by atoms with van der Waals surface area (Å²) in [6.45, 7) is 3.56. The number of carbonyl (C=O) groups excluding carboxylic acids is 1. The minimum atomic E-state index is -0.735. The second-order valence-electron chi connectivity index (χ2n) is 11.0. The van der Waals surface area contributed by atoms with Gasteiger partial charge in [-0.2, -0.15) is 0 Å². The molecule has 34 heavy (non-hydrogen) atoms. The van der Waals surface area contributed by atoms with Gasteiger partial charge in [0.1, 0.15) is 5.60 Å². The van der Waals surface area contributed by atoms with Crippen molar-refractivity contribution in [2.45, 2.75) is 62.2 Å². The van der Waals surface area contributed by atoms with Crippen LogP contribution in [0.4, 0.5) is 0 Å². The van der Waals surface area contributed by atoms with Gasteiger partial charge in [0.15, 0.2) is 17.6 Å². The van der Waals surface area contributed by atoms with Crippen molar-refractivity contribution in [3.63, 3.8) is 0 Å². The van der Waals surface area contributed by atoms with E-state index in [1.807, 2.05) is 6.07 Å². The fourth-order valence-corrected chi connectivity index (χ4v) is 7.99. The summed E-state index contributed by atoms with van der Waals surface area (Å²) in [5.41, 5.74) is 4.38. The van der Waals surface area contributed by atoms with E-state index in [-0.39, 0.29) is 23.9 Å². The summed E-state index contributed by atoms with van der Waals surface area (Å²) < 4.78 is 13.3. The van der Waals surface area contributed by atoms with Gasteiger partial charge < -0.3 is 19.6 Å². The van der Waals surface area contributed by atoms with E-state index >= 15 is 0 Å². The molecule has 0 amide bonds. The summed E-state index contributed by atoms with van der Waals surface area (Å²) in [7, 11) is 0. The van der Waals surface area contributed by atoms with Gasteiger partial charge in [-0.1, -0.05) is 24.3 Å². The molecule has 2 aliphatic heterocycles. The summed E-state index contributed by atoms with van der Waals surface area (Å²) in [4.78, 5) is 19.1. The normalized spacial score (nSPS) is 32.7. The van der Waals surface area contributed by atoms with Crippen LogP contribution < -0.4 is 4.74 Å². The second kappa shape index (κ2) is 6.16. The van der Waals surface area contributed by atoms with Crippen molar-refractivity contribution >= 4 is 16.9 Å². The Hall–Kier alpha value is -2.99. The molecular weight excluding hydrogens is 428 g/mol. The Balaban J connectivity index is 1.45. The number of carbonyl (C=O) groups is 1. The number of ether oxygens (including phenoxy) is 2. The Labute approximate surface area is 197 Å². The SMILES string of the molecule is CC(=O)O[C@@]12Cc3c([nH]c4ccccc34)[C@@H]3Oc4c(O)ccc5c4[C@@]31CCN(CC1CC1)[C@@H]2C5. The van der Waals surface area contributed by atoms with E-state index in [2.05, 4.69) is 34.1 Å². The molecule has 5 aliphatic rings. The van der Waals surface area contributed by atoms with Crippen molar-refractivity contribution in [3.05, 3.63) is 58.8 Å². The Morgan fingerprint density at radius 2 is 2.12 bits per heavy atom. The lowest BCUT2D eigenvalue weighted by Crippen LogP contribution is -2.75. The number of esters is 1. The van der Waals surface area contributed by atoms with Gasteiger partial charge in [0.05, 0.1) is 17.2 Å². The summed E-state index contributed by atoms with van der Waals surface area (Å²) in [6, 6.07) is 12.3. The molecule has 0 radical (unpaired) electrons. The zero-order valence-electron chi connectivity index (χ0n) is 19.3. The summed E-state index contributed by atoms with van der Waals surface area (Å²) >= 11 is 0. The molecule has 2 fully saturated rings. The summed E-state index contributed by atoms with van der Waals surface area (Å²) in [5.74, 6) is 1.27. The third-order valence-corrected chi connectivity index (χ3v) is 9.36. The number of benzene rings is 2. The molecule has 8 rings (SSSR count). The van der Waals surface area contributed by atoms with Crippen LogP contribution in [0, 0.1) is 5.92 Å². The largest absolute Gasteiger partial charge is 0.504 e. The third kappa shape index (κ3) is 2.14. The maximum absolute atomic E-state index is 12.8. The van der Waals surface area contributed by atoms with Gasteiger partial charge in [0.2, 0.25) is 0 Å². The molecule has 174 valence electrons. The zero-order valence-corrected chi connectivity index (χ0v) is 19.3. The van der Waals surface area contributed by atoms with Crippen LogP contribution in [0.5, 0.6) is 11.5 Å². The minimum absolute atomic E-state index is 0.0849. The topological polar surface area (TPSA) is 74.8 Å². The number of phenols is 1. The number of piperidine rings is 1. The molecule has 4 atom stereocenters. The maximum atomic E-state index is 12.8. The van der Waals surface area contributed by atoms with E-state index in [1.165, 1.54) is 29.4 Å². The quantitative estimate of drug-likeness (QED) is 0.580. The van der Waals surface area contributed by atoms with Crippen molar-refractivity contribution in [3.8, 4) is 11.5 Å². The van der Waals surface area contributed by atoms with Crippen molar-refractivity contribution in [2.24, 2.45) is 5.92 Å². The number of phenolic OH excluding ortho intramolecular Hbond substituents is 1. The number of nitrogens with zero attached hydrogens (tertiary/aromatic N) is 1. The van der Waals surface area contributed by atoms with Gasteiger partial charge in [-0.25, -0.2) is 0 Å². The highest BCUT2D eigenvalue weighted by Gasteiger charge is 2.75. The van der Waals surface area contributed by atoms with Crippen LogP contribution >= 0.6 is 0 Å². The number of para-hydroxylation sites is 1. The van der Waals surface area contributed by atoms with E-state index in [0.717, 1.165) is 48.6 Å². The first-order chi connectivity index (χ1) is 16.5. The molecule has 3 aliphatic carbocycles. The van der Waals surface area contributed by atoms with Gasteiger partial charge in [-0.05, 0) is 61.4 Å². The number of aromatic hydroxyl groups is 1. The fourth-order valence-electron chi connectivity index (χ4n) is 7.99. The Morgan fingerprint density at radius 1 is 1.26 bits per heavy atom. The Morgan fingerprint density at radius 3 is 2.94 bits per heavy atom. The van der Waals surface area contributed by atoms with Crippen LogP contribution in [0.25, 0.3) is 10.9 Å². The number of rotatable bonds is 3. The highest BCUT2D eigenvalue weighted by atomic mass is 16.6. The van der Waals surface area contributed by atoms with Crippen LogP contribution in [0.15, 0.2) is 36.4 Å². The Kier molecular flexibility index (Phi) is 3.50. The second-order valence-corrected chi connectivity index (χ2v) is 11.0. The van der Waals surface area contributed by atoms with Crippen molar-refractivity contribution < 1.29 is 19.4 Å². The molecule has 0 unspecified atom stereocenters. The molecule has 1 saturated carbocycles. The summed E-state index contributed by atoms with van der Waals surface area (Å²) in [6.07, 6.45) is 4.57. The van der Waals surface area contributed by atoms with Crippen LogP contribution in [0.2, 0.25) is 0 Å². The molecule has 6 nitrogen and oxygen atoms in total. The standard InChI is InChI=1S/C28H28N2O4/c1-15(31)34-28-13-19-18-4-2-3-5-20(18)29-24(19)26-27(28)10-11-30(14-16-6-7-16)22(28)12-17-8-9-21(32)25(33-26)23(17)27/h2-5,8-9,16,22,26,29,32H,6-7,10-14H2,1H3/t22-,26+,27+,28-/m1/s1. The molecule has 2 aromatic carbocycles. The first-order valence-electron chi connectivity index (χ1n) is 12.6. The number of hydrogen-bond donors (Lipinski definition) is 2. The van der Waals surface area contributed by atoms with Crippen molar-refractivity contribution in [1.82, 2.24) is 9.88 Å². The number of aromatic nitrogens is 1. The number of hydrogen-bond acceptors (Lipinski definition) is 5. The monoisotopic (exact) mass is 456 g/mol. The molecule has 1 aromatic heterocycles. The van der Waals surface area contributed by atoms with Gasteiger partial charge in [0, 0.05) is 36.4 Å². The average Bonchev–Trinajstić information content (AvgIpc) is 3.45. The molecule has 6 heteroatoms. The van der Waals surface area contributed by atoms with Crippen molar-refractivity contribution in [2.75, 3.05) is 13.1 Å². The van der Waals surface area contributed by atoms with Gasteiger partial charge in [0.25, 0.3) is 0 Å². The van der Waals surface area contributed by atoms with Gasteiger partial charge in [-0.15, -0.1) is 0 Å². The van der Waals surface area contributed by atoms with Gasteiger partial charge in [-0.3, -0.25) is 9.69 Å². The molecule has 1 spiro atoms. The predicted octanol–water partition coefficient (Wildman–Crippen LogP) is 4.14. The minimum Gasteiger partial charge on any atom is -0.504 e. The number of H-pyrrole nitrogens is 1. The van der Waals surface area contributed by atoms with Crippen molar-refractivity contribution in [1.29, 1.82) is 0 Å². The highest BCUT2D eigenvalue weighted by molar-refractivity contribution is 5.86. The highest BCUT2D eigenvalue weighted by Crippen LogP contribution is 2.70. The molecule has 2 bridgehead atoms. The number of nitrogens with one attached hydrogen (secondary N) is 1. The average molecular weight is 457 g/mol. The lowest BCUT2D eigenvalue weighted by molar-refractivity contribution is -0.208. The molecule has 2 N–H and O–H groups in total. The zero-order chi connectivity index (χ0) is 22.8. The molecular formula is C28H28N2O4. The van der Waals surface area contributed by atoms with Gasteiger partial charge >= 0.3 is 5.97 Å². The van der Waals surface area contributed by atoms with Crippen LogP contribution in [0.1, 0.15) is 54.7 Å². The third-order valence-electron chi connectivity index (χ3n) is 9.36. The Bertz CT molecular complexity index is 1390. The van der Waals surface area contributed by atoms with E-state index in [4.69, 9.17) is 9.47 Å². The number of fused-ring (bicyclic) bond motifs is 4.